The highest BCUT2D eigenvalue weighted by Crippen LogP contribution is 2.39. The molecule has 0 spiro atoms. The predicted molar refractivity (Wildman–Crippen MR) is 101 cm³/mol. The minimum Gasteiger partial charge on any atom is -0.493 e. The van der Waals surface area contributed by atoms with Crippen LogP contribution in [0.5, 0.6) is 17.2 Å². The summed E-state index contributed by atoms with van der Waals surface area (Å²) in [5.41, 5.74) is 0.784. The van der Waals surface area contributed by atoms with E-state index in [-0.39, 0.29) is 12.7 Å². The van der Waals surface area contributed by atoms with E-state index in [1.54, 1.807) is 57.4 Å². The smallest absolute Gasteiger partial charge is 0.247 e. The fraction of sp³-hybridized carbons (Fsp3) is 0.500. The van der Waals surface area contributed by atoms with Crippen LogP contribution in [0.4, 0.5) is 0 Å². The summed E-state index contributed by atoms with van der Waals surface area (Å²) >= 11 is 1.75. The van der Waals surface area contributed by atoms with Gasteiger partial charge in [0.25, 0.3) is 0 Å². The maximum Gasteiger partial charge on any atom is 0.247 e. The first-order valence-electron chi connectivity index (χ1n) is 8.19. The standard InChI is InChI=1S/C18H25NO6S/c1-21-7-8-24-13-25-18-15(22-2)10-14(11-16(18)23-3)4-5-17(20)19-6-9-26-12-19/h4-5,10-11H,6-9,12-13H2,1-3H3. The molecule has 26 heavy (non-hydrogen) atoms. The van der Waals surface area contributed by atoms with Crippen LogP contribution in [0.15, 0.2) is 18.2 Å². The Kier molecular flexibility index (Phi) is 8.60. The van der Waals surface area contributed by atoms with Gasteiger partial charge in [-0.3, -0.25) is 4.79 Å². The summed E-state index contributed by atoms with van der Waals surface area (Å²) in [4.78, 5) is 13.9. The number of carbonyl (C=O) groups is 1. The molecule has 1 amide bonds. The number of nitrogens with zero attached hydrogens (tertiary/aromatic N) is 1. The Labute approximate surface area is 158 Å². The first kappa shape index (κ1) is 20.4. The van der Waals surface area contributed by atoms with Gasteiger partial charge in [-0.2, -0.15) is 0 Å². The van der Waals surface area contributed by atoms with Gasteiger partial charge >= 0.3 is 0 Å². The summed E-state index contributed by atoms with van der Waals surface area (Å²) in [6.45, 7) is 1.76. The number of carbonyl (C=O) groups excluding carboxylic acids is 1. The van der Waals surface area contributed by atoms with Crippen molar-refractivity contribution in [2.75, 3.05) is 59.5 Å². The van der Waals surface area contributed by atoms with Gasteiger partial charge in [0.2, 0.25) is 11.7 Å². The zero-order valence-corrected chi connectivity index (χ0v) is 16.2. The van der Waals surface area contributed by atoms with Crippen molar-refractivity contribution in [1.29, 1.82) is 0 Å². The third-order valence-electron chi connectivity index (χ3n) is 3.68. The average molecular weight is 383 g/mol. The zero-order valence-electron chi connectivity index (χ0n) is 15.4. The zero-order chi connectivity index (χ0) is 18.8. The van der Waals surface area contributed by atoms with Gasteiger partial charge < -0.3 is 28.6 Å². The molecule has 1 aromatic rings. The minimum atomic E-state index is -0.000182. The molecule has 1 aliphatic rings. The van der Waals surface area contributed by atoms with Gasteiger partial charge in [-0.15, -0.1) is 11.8 Å². The molecule has 1 aromatic carbocycles. The van der Waals surface area contributed by atoms with Crippen molar-refractivity contribution in [3.05, 3.63) is 23.8 Å². The molecule has 0 bridgehead atoms. The van der Waals surface area contributed by atoms with E-state index in [0.717, 1.165) is 23.7 Å². The van der Waals surface area contributed by atoms with Crippen molar-refractivity contribution in [1.82, 2.24) is 4.90 Å². The van der Waals surface area contributed by atoms with E-state index in [1.807, 2.05) is 4.90 Å². The molecule has 144 valence electrons. The SMILES string of the molecule is COCCOCOc1c(OC)cc(C=CC(=O)N2CCSC2)cc1OC. The summed E-state index contributed by atoms with van der Waals surface area (Å²) in [6, 6.07) is 3.57. The Morgan fingerprint density at radius 2 is 1.92 bits per heavy atom. The van der Waals surface area contributed by atoms with Crippen LogP contribution >= 0.6 is 11.8 Å². The van der Waals surface area contributed by atoms with Crippen LogP contribution < -0.4 is 14.2 Å². The van der Waals surface area contributed by atoms with Gasteiger partial charge in [0.15, 0.2) is 18.3 Å². The molecular weight excluding hydrogens is 358 g/mol. The van der Waals surface area contributed by atoms with Gasteiger partial charge in [0.05, 0.1) is 33.3 Å². The summed E-state index contributed by atoms with van der Waals surface area (Å²) in [7, 11) is 4.71. The summed E-state index contributed by atoms with van der Waals surface area (Å²) in [5, 5.41) is 0. The fourth-order valence-electron chi connectivity index (χ4n) is 2.30. The van der Waals surface area contributed by atoms with Gasteiger partial charge in [-0.25, -0.2) is 0 Å². The lowest BCUT2D eigenvalue weighted by Crippen LogP contribution is -2.25. The lowest BCUT2D eigenvalue weighted by atomic mass is 10.1. The van der Waals surface area contributed by atoms with Crippen molar-refractivity contribution in [3.63, 3.8) is 0 Å². The Morgan fingerprint density at radius 1 is 1.19 bits per heavy atom. The minimum absolute atomic E-state index is 0.000182. The number of benzene rings is 1. The monoisotopic (exact) mass is 383 g/mol. The highest BCUT2D eigenvalue weighted by atomic mass is 32.2. The first-order chi connectivity index (χ1) is 12.7. The molecule has 0 radical (unpaired) electrons. The quantitative estimate of drug-likeness (QED) is 0.349. The van der Waals surface area contributed by atoms with Crippen molar-refractivity contribution >= 4 is 23.7 Å². The second-order valence-corrected chi connectivity index (χ2v) is 6.46. The van der Waals surface area contributed by atoms with Crippen molar-refractivity contribution in [2.24, 2.45) is 0 Å². The third kappa shape index (κ3) is 5.82. The maximum absolute atomic E-state index is 12.1. The maximum atomic E-state index is 12.1. The number of ether oxygens (including phenoxy) is 5. The molecule has 1 aliphatic heterocycles. The van der Waals surface area contributed by atoms with Gasteiger partial charge in [0.1, 0.15) is 0 Å². The van der Waals surface area contributed by atoms with Gasteiger partial charge in [-0.05, 0) is 23.8 Å². The number of thioether (sulfide) groups is 1. The molecule has 0 aliphatic carbocycles. The topological polar surface area (TPSA) is 66.5 Å². The largest absolute Gasteiger partial charge is 0.493 e. The first-order valence-corrected chi connectivity index (χ1v) is 9.35. The number of amides is 1. The molecule has 0 aromatic heterocycles. The summed E-state index contributed by atoms with van der Waals surface area (Å²) in [6.07, 6.45) is 3.31. The molecule has 1 fully saturated rings. The molecule has 0 unspecified atom stereocenters. The fourth-order valence-corrected chi connectivity index (χ4v) is 3.26. The van der Waals surface area contributed by atoms with Crippen molar-refractivity contribution in [3.8, 4) is 17.2 Å². The van der Waals surface area contributed by atoms with E-state index < -0.39 is 0 Å². The van der Waals surface area contributed by atoms with Crippen LogP contribution in [0.25, 0.3) is 6.08 Å². The molecule has 2 rings (SSSR count). The molecule has 1 heterocycles. The summed E-state index contributed by atoms with van der Waals surface area (Å²) < 4.78 is 26.7. The molecular formula is C18H25NO6S. The van der Waals surface area contributed by atoms with Crippen LogP contribution in [0.2, 0.25) is 0 Å². The Morgan fingerprint density at radius 3 is 2.50 bits per heavy atom. The molecule has 0 N–H and O–H groups in total. The van der Waals surface area contributed by atoms with E-state index in [2.05, 4.69) is 0 Å². The highest BCUT2D eigenvalue weighted by Gasteiger charge is 2.17. The lowest BCUT2D eigenvalue weighted by molar-refractivity contribution is -0.124. The van der Waals surface area contributed by atoms with E-state index in [1.165, 1.54) is 0 Å². The van der Waals surface area contributed by atoms with E-state index in [9.17, 15) is 4.79 Å². The lowest BCUT2D eigenvalue weighted by Gasteiger charge is -2.15. The van der Waals surface area contributed by atoms with Crippen LogP contribution in [0.3, 0.4) is 0 Å². The van der Waals surface area contributed by atoms with Crippen molar-refractivity contribution < 1.29 is 28.5 Å². The molecule has 7 nitrogen and oxygen atoms in total. The van der Waals surface area contributed by atoms with Crippen LogP contribution in [0, 0.1) is 0 Å². The Bertz CT molecular complexity index is 591. The number of methoxy groups -OCH3 is 3. The van der Waals surface area contributed by atoms with Gasteiger partial charge in [0, 0.05) is 25.5 Å². The number of rotatable bonds is 10. The molecule has 0 atom stereocenters. The second-order valence-electron chi connectivity index (χ2n) is 5.39. The molecule has 8 heteroatoms. The second kappa shape index (κ2) is 10.9. The predicted octanol–water partition coefficient (Wildman–Crippen LogP) is 2.25. The highest BCUT2D eigenvalue weighted by molar-refractivity contribution is 7.99. The molecule has 0 saturated carbocycles. The van der Waals surface area contributed by atoms with E-state index >= 15 is 0 Å². The van der Waals surface area contributed by atoms with E-state index in [0.29, 0.717) is 30.5 Å². The van der Waals surface area contributed by atoms with Crippen LogP contribution in [-0.2, 0) is 14.3 Å². The average Bonchev–Trinajstić information content (AvgIpc) is 3.20. The normalized spacial score (nSPS) is 14.0. The Balaban J connectivity index is 2.07. The van der Waals surface area contributed by atoms with Crippen LogP contribution in [-0.4, -0.2) is 70.3 Å². The number of hydrogen-bond acceptors (Lipinski definition) is 7. The third-order valence-corrected chi connectivity index (χ3v) is 4.65. The van der Waals surface area contributed by atoms with Crippen LogP contribution in [0.1, 0.15) is 5.56 Å². The Hall–Kier alpha value is -1.90. The molecule has 1 saturated heterocycles. The number of hydrogen-bond donors (Lipinski definition) is 0. The van der Waals surface area contributed by atoms with E-state index in [4.69, 9.17) is 23.7 Å². The van der Waals surface area contributed by atoms with Gasteiger partial charge in [-0.1, -0.05) is 0 Å². The summed E-state index contributed by atoms with van der Waals surface area (Å²) in [5.74, 6) is 3.18. The van der Waals surface area contributed by atoms with Crippen molar-refractivity contribution in [2.45, 2.75) is 0 Å².